The second-order valence-corrected chi connectivity index (χ2v) is 5.74. The molecule has 1 heterocycles. The summed E-state index contributed by atoms with van der Waals surface area (Å²) in [6.07, 6.45) is 0.751. The molecule has 0 spiro atoms. The minimum absolute atomic E-state index is 0.0874. The van der Waals surface area contributed by atoms with Gasteiger partial charge in [-0.15, -0.1) is 0 Å². The minimum Gasteiger partial charge on any atom is -0.312 e. The SMILES string of the molecule is CC(=O)N1CCc2cc(C)c(S(N)(=O)=O)cc21. The zero-order valence-electron chi connectivity index (χ0n) is 9.73. The van der Waals surface area contributed by atoms with Crippen molar-refractivity contribution in [1.29, 1.82) is 0 Å². The third-order valence-electron chi connectivity index (χ3n) is 2.96. The normalized spacial score (nSPS) is 14.9. The van der Waals surface area contributed by atoms with Gasteiger partial charge in [0.15, 0.2) is 0 Å². The number of anilines is 1. The van der Waals surface area contributed by atoms with Gasteiger partial charge >= 0.3 is 0 Å². The van der Waals surface area contributed by atoms with E-state index in [-0.39, 0.29) is 10.8 Å². The summed E-state index contributed by atoms with van der Waals surface area (Å²) in [5, 5.41) is 5.14. The van der Waals surface area contributed by atoms with Gasteiger partial charge in [-0.2, -0.15) is 0 Å². The van der Waals surface area contributed by atoms with Crippen molar-refractivity contribution in [2.24, 2.45) is 5.14 Å². The number of rotatable bonds is 1. The van der Waals surface area contributed by atoms with Crippen LogP contribution in [0.15, 0.2) is 17.0 Å². The number of carbonyl (C=O) groups excluding carboxylic acids is 1. The van der Waals surface area contributed by atoms with Gasteiger partial charge in [0.1, 0.15) is 0 Å². The van der Waals surface area contributed by atoms with Crippen LogP contribution in [0.3, 0.4) is 0 Å². The van der Waals surface area contributed by atoms with Crippen LogP contribution in [0.2, 0.25) is 0 Å². The Morgan fingerprint density at radius 3 is 2.59 bits per heavy atom. The largest absolute Gasteiger partial charge is 0.312 e. The van der Waals surface area contributed by atoms with Gasteiger partial charge in [0.05, 0.1) is 4.90 Å². The number of fused-ring (bicyclic) bond motifs is 1. The van der Waals surface area contributed by atoms with Crippen molar-refractivity contribution < 1.29 is 13.2 Å². The quantitative estimate of drug-likeness (QED) is 0.794. The predicted molar refractivity (Wildman–Crippen MR) is 64.3 cm³/mol. The second-order valence-electron chi connectivity index (χ2n) is 4.21. The minimum atomic E-state index is -3.74. The Kier molecular flexibility index (Phi) is 2.71. The van der Waals surface area contributed by atoms with E-state index in [1.54, 1.807) is 17.9 Å². The Hall–Kier alpha value is -1.40. The summed E-state index contributed by atoms with van der Waals surface area (Å²) < 4.78 is 22.8. The molecular weight excluding hydrogens is 240 g/mol. The maximum Gasteiger partial charge on any atom is 0.238 e. The Balaban J connectivity index is 2.63. The Morgan fingerprint density at radius 2 is 2.06 bits per heavy atom. The zero-order valence-corrected chi connectivity index (χ0v) is 10.5. The number of benzene rings is 1. The van der Waals surface area contributed by atoms with Crippen LogP contribution in [0.1, 0.15) is 18.1 Å². The molecule has 1 amide bonds. The summed E-state index contributed by atoms with van der Waals surface area (Å²) in [6, 6.07) is 3.28. The number of nitrogens with zero attached hydrogens (tertiary/aromatic N) is 1. The molecule has 92 valence electrons. The number of hydrogen-bond donors (Lipinski definition) is 1. The molecule has 0 aliphatic carbocycles. The van der Waals surface area contributed by atoms with Gasteiger partial charge in [0.2, 0.25) is 15.9 Å². The molecule has 1 aliphatic rings. The van der Waals surface area contributed by atoms with Crippen LogP contribution in [0.4, 0.5) is 5.69 Å². The standard InChI is InChI=1S/C11H14N2O3S/c1-7-5-9-3-4-13(8(2)14)10(9)6-11(7)17(12,15)16/h5-6H,3-4H2,1-2H3,(H2,12,15,16). The first kappa shape index (κ1) is 12.1. The van der Waals surface area contributed by atoms with Crippen molar-refractivity contribution in [2.75, 3.05) is 11.4 Å². The number of nitrogens with two attached hydrogens (primary N) is 1. The van der Waals surface area contributed by atoms with Crippen LogP contribution in [0.5, 0.6) is 0 Å². The van der Waals surface area contributed by atoms with Crippen molar-refractivity contribution in [3.8, 4) is 0 Å². The van der Waals surface area contributed by atoms with E-state index in [0.717, 1.165) is 12.0 Å². The second kappa shape index (κ2) is 3.82. The monoisotopic (exact) mass is 254 g/mol. The van der Waals surface area contributed by atoms with E-state index >= 15 is 0 Å². The van der Waals surface area contributed by atoms with Gasteiger partial charge < -0.3 is 4.90 Å². The van der Waals surface area contributed by atoms with E-state index in [1.165, 1.54) is 13.0 Å². The van der Waals surface area contributed by atoms with Gasteiger partial charge in [-0.1, -0.05) is 6.07 Å². The molecule has 1 aromatic rings. The molecule has 0 unspecified atom stereocenters. The maximum absolute atomic E-state index is 11.4. The maximum atomic E-state index is 11.4. The third-order valence-corrected chi connectivity index (χ3v) is 4.01. The molecule has 5 nitrogen and oxygen atoms in total. The van der Waals surface area contributed by atoms with Crippen LogP contribution in [0, 0.1) is 6.92 Å². The molecule has 2 N–H and O–H groups in total. The first-order valence-corrected chi connectivity index (χ1v) is 6.80. The van der Waals surface area contributed by atoms with Crippen molar-refractivity contribution >= 4 is 21.6 Å². The molecule has 2 rings (SSSR count). The fourth-order valence-electron chi connectivity index (χ4n) is 2.17. The molecule has 0 radical (unpaired) electrons. The lowest BCUT2D eigenvalue weighted by atomic mass is 10.1. The van der Waals surface area contributed by atoms with Gasteiger partial charge in [-0.05, 0) is 30.5 Å². The highest BCUT2D eigenvalue weighted by molar-refractivity contribution is 7.89. The smallest absolute Gasteiger partial charge is 0.238 e. The van der Waals surface area contributed by atoms with Crippen molar-refractivity contribution in [1.82, 2.24) is 0 Å². The molecule has 0 saturated heterocycles. The molecule has 0 atom stereocenters. The number of sulfonamides is 1. The summed E-state index contributed by atoms with van der Waals surface area (Å²) in [7, 11) is -3.74. The van der Waals surface area contributed by atoms with Crippen molar-refractivity contribution in [3.63, 3.8) is 0 Å². The molecular formula is C11H14N2O3S. The first-order valence-electron chi connectivity index (χ1n) is 5.25. The fourth-order valence-corrected chi connectivity index (χ4v) is 2.96. The van der Waals surface area contributed by atoms with Crippen LogP contribution in [-0.4, -0.2) is 20.9 Å². The highest BCUT2D eigenvalue weighted by Gasteiger charge is 2.25. The fraction of sp³-hybridized carbons (Fsp3) is 0.364. The molecule has 1 aromatic carbocycles. The van der Waals surface area contributed by atoms with Gasteiger partial charge in [0.25, 0.3) is 0 Å². The lowest BCUT2D eigenvalue weighted by molar-refractivity contribution is -0.116. The number of carbonyl (C=O) groups is 1. The molecule has 6 heteroatoms. The number of hydrogen-bond acceptors (Lipinski definition) is 3. The van der Waals surface area contributed by atoms with Gasteiger partial charge in [-0.25, -0.2) is 13.6 Å². The Labute approximate surface area is 100 Å². The van der Waals surface area contributed by atoms with Crippen LogP contribution >= 0.6 is 0 Å². The van der Waals surface area contributed by atoms with E-state index in [1.807, 2.05) is 0 Å². The molecule has 17 heavy (non-hydrogen) atoms. The number of amides is 1. The predicted octanol–water partition coefficient (Wildman–Crippen LogP) is 0.551. The summed E-state index contributed by atoms with van der Waals surface area (Å²) in [5.74, 6) is -0.0898. The Morgan fingerprint density at radius 1 is 1.41 bits per heavy atom. The molecule has 0 bridgehead atoms. The highest BCUT2D eigenvalue weighted by atomic mass is 32.2. The van der Waals surface area contributed by atoms with E-state index in [0.29, 0.717) is 17.8 Å². The van der Waals surface area contributed by atoms with E-state index in [9.17, 15) is 13.2 Å². The summed E-state index contributed by atoms with van der Waals surface area (Å²) >= 11 is 0. The first-order chi connectivity index (χ1) is 7.80. The Bertz CT molecular complexity index is 593. The van der Waals surface area contributed by atoms with Gasteiger partial charge in [0, 0.05) is 19.2 Å². The summed E-state index contributed by atoms with van der Waals surface area (Å²) in [4.78, 5) is 13.1. The van der Waals surface area contributed by atoms with E-state index in [2.05, 4.69) is 0 Å². The average Bonchev–Trinajstić information content (AvgIpc) is 2.57. The van der Waals surface area contributed by atoms with Crippen LogP contribution in [0.25, 0.3) is 0 Å². The summed E-state index contributed by atoms with van der Waals surface area (Å²) in [6.45, 7) is 3.76. The molecule has 0 aromatic heterocycles. The van der Waals surface area contributed by atoms with Gasteiger partial charge in [-0.3, -0.25) is 4.79 Å². The lowest BCUT2D eigenvalue weighted by Crippen LogP contribution is -2.26. The topological polar surface area (TPSA) is 80.5 Å². The molecule has 0 saturated carbocycles. The average molecular weight is 254 g/mol. The van der Waals surface area contributed by atoms with Crippen LogP contribution < -0.4 is 10.0 Å². The molecule has 0 fully saturated rings. The van der Waals surface area contributed by atoms with E-state index < -0.39 is 10.0 Å². The lowest BCUT2D eigenvalue weighted by Gasteiger charge is -2.16. The van der Waals surface area contributed by atoms with Crippen molar-refractivity contribution in [3.05, 3.63) is 23.3 Å². The third kappa shape index (κ3) is 2.05. The summed E-state index contributed by atoms with van der Waals surface area (Å²) in [5.41, 5.74) is 2.27. The van der Waals surface area contributed by atoms with E-state index in [4.69, 9.17) is 5.14 Å². The van der Waals surface area contributed by atoms with Crippen molar-refractivity contribution in [2.45, 2.75) is 25.2 Å². The number of aryl methyl sites for hydroxylation is 1. The van der Waals surface area contributed by atoms with Crippen LogP contribution in [-0.2, 0) is 21.2 Å². The number of primary sulfonamides is 1. The molecule has 1 aliphatic heterocycles. The zero-order chi connectivity index (χ0) is 12.8. The highest BCUT2D eigenvalue weighted by Crippen LogP contribution is 2.32.